The van der Waals surface area contributed by atoms with Crippen molar-refractivity contribution in [3.05, 3.63) is 52.7 Å². The fourth-order valence-corrected chi connectivity index (χ4v) is 5.39. The molecule has 3 aliphatic heterocycles. The maximum atomic E-state index is 9.88. The standard InChI is InChI=1S/C19H19N3/c1-2-12-11-22-8-7-19-15-5-3-4-6-16(15)21-18(19)14(10-20)13(12)9-17(19)22/h2-6,13,17,21H,7-9,11H2,1H3/b12-2+/t13-,17+,19-/m0/s1. The van der Waals surface area contributed by atoms with Crippen LogP contribution in [0.3, 0.4) is 0 Å². The van der Waals surface area contributed by atoms with Crippen LogP contribution >= 0.6 is 0 Å². The van der Waals surface area contributed by atoms with Gasteiger partial charge in [-0.25, -0.2) is 0 Å². The topological polar surface area (TPSA) is 39.1 Å². The average molecular weight is 289 g/mol. The predicted molar refractivity (Wildman–Crippen MR) is 86.2 cm³/mol. The van der Waals surface area contributed by atoms with Crippen molar-refractivity contribution in [1.82, 2.24) is 4.90 Å². The van der Waals surface area contributed by atoms with E-state index in [2.05, 4.69) is 53.6 Å². The lowest BCUT2D eigenvalue weighted by Gasteiger charge is -2.47. The fraction of sp³-hybridized carbons (Fsp3) is 0.421. The van der Waals surface area contributed by atoms with E-state index in [9.17, 15) is 5.26 Å². The van der Waals surface area contributed by atoms with Gasteiger partial charge in [-0.15, -0.1) is 0 Å². The van der Waals surface area contributed by atoms with Crippen LogP contribution in [0, 0.1) is 17.2 Å². The van der Waals surface area contributed by atoms with Crippen molar-refractivity contribution in [3.8, 4) is 6.07 Å². The van der Waals surface area contributed by atoms with Crippen LogP contribution in [0.5, 0.6) is 0 Å². The van der Waals surface area contributed by atoms with Crippen molar-refractivity contribution >= 4 is 5.69 Å². The number of rotatable bonds is 0. The van der Waals surface area contributed by atoms with E-state index < -0.39 is 0 Å². The van der Waals surface area contributed by atoms with E-state index in [4.69, 9.17) is 0 Å². The molecule has 0 saturated carbocycles. The number of allylic oxidation sites excluding steroid dienone is 2. The lowest BCUT2D eigenvalue weighted by Crippen LogP contribution is -2.52. The Morgan fingerprint density at radius 3 is 3.09 bits per heavy atom. The Morgan fingerprint density at radius 2 is 2.27 bits per heavy atom. The van der Waals surface area contributed by atoms with Crippen molar-refractivity contribution in [2.75, 3.05) is 18.4 Å². The van der Waals surface area contributed by atoms with E-state index in [1.54, 1.807) is 0 Å². The molecule has 0 unspecified atom stereocenters. The van der Waals surface area contributed by atoms with Crippen molar-refractivity contribution in [2.45, 2.75) is 31.2 Å². The molecule has 22 heavy (non-hydrogen) atoms. The quantitative estimate of drug-likeness (QED) is 0.746. The van der Waals surface area contributed by atoms with E-state index in [0.717, 1.165) is 31.5 Å². The molecule has 3 heteroatoms. The highest BCUT2D eigenvalue weighted by atomic mass is 15.2. The minimum atomic E-state index is 0.0391. The van der Waals surface area contributed by atoms with Gasteiger partial charge in [-0.05, 0) is 31.4 Å². The Labute approximate surface area is 130 Å². The molecular weight excluding hydrogens is 270 g/mol. The summed E-state index contributed by atoms with van der Waals surface area (Å²) in [5.74, 6) is 0.319. The molecule has 3 atom stereocenters. The highest BCUT2D eigenvalue weighted by Crippen LogP contribution is 2.60. The van der Waals surface area contributed by atoms with E-state index >= 15 is 0 Å². The number of nitriles is 1. The van der Waals surface area contributed by atoms with Crippen LogP contribution in [0.2, 0.25) is 0 Å². The number of para-hydroxylation sites is 1. The molecule has 1 aromatic carbocycles. The Hall–Kier alpha value is -2.05. The largest absolute Gasteiger partial charge is 0.357 e. The third kappa shape index (κ3) is 1.22. The van der Waals surface area contributed by atoms with Gasteiger partial charge >= 0.3 is 0 Å². The van der Waals surface area contributed by atoms with Gasteiger partial charge < -0.3 is 5.32 Å². The maximum Gasteiger partial charge on any atom is 0.0972 e. The molecule has 3 heterocycles. The van der Waals surface area contributed by atoms with Crippen LogP contribution in [0.25, 0.3) is 0 Å². The van der Waals surface area contributed by atoms with Crippen molar-refractivity contribution in [3.63, 3.8) is 0 Å². The molecule has 1 aliphatic carbocycles. The number of hydrogen-bond acceptors (Lipinski definition) is 3. The molecule has 1 spiro atoms. The van der Waals surface area contributed by atoms with E-state index in [1.165, 1.54) is 22.5 Å². The smallest absolute Gasteiger partial charge is 0.0972 e. The number of piperidine rings is 1. The van der Waals surface area contributed by atoms with Crippen molar-refractivity contribution in [2.24, 2.45) is 5.92 Å². The van der Waals surface area contributed by atoms with Crippen LogP contribution in [0.15, 0.2) is 47.2 Å². The molecule has 3 nitrogen and oxygen atoms in total. The first-order valence-corrected chi connectivity index (χ1v) is 8.20. The number of benzene rings is 1. The van der Waals surface area contributed by atoms with Gasteiger partial charge in [0.1, 0.15) is 0 Å². The highest BCUT2D eigenvalue weighted by molar-refractivity contribution is 5.73. The van der Waals surface area contributed by atoms with Gasteiger partial charge in [0.2, 0.25) is 0 Å². The average Bonchev–Trinajstić information content (AvgIpc) is 3.11. The van der Waals surface area contributed by atoms with Crippen molar-refractivity contribution < 1.29 is 0 Å². The lowest BCUT2D eigenvalue weighted by molar-refractivity contribution is 0.167. The summed E-state index contributed by atoms with van der Waals surface area (Å²) < 4.78 is 0. The second kappa shape index (κ2) is 4.02. The molecule has 5 rings (SSSR count). The normalized spacial score (nSPS) is 36.8. The first kappa shape index (κ1) is 12.5. The number of fused-ring (bicyclic) bond motifs is 2. The van der Waals surface area contributed by atoms with E-state index in [-0.39, 0.29) is 5.41 Å². The van der Waals surface area contributed by atoms with Crippen LogP contribution in [-0.2, 0) is 5.41 Å². The molecule has 2 bridgehead atoms. The Kier molecular flexibility index (Phi) is 2.28. The Bertz CT molecular complexity index is 782. The minimum absolute atomic E-state index is 0.0391. The lowest BCUT2D eigenvalue weighted by atomic mass is 9.62. The van der Waals surface area contributed by atoms with Crippen LogP contribution in [0.4, 0.5) is 5.69 Å². The molecule has 2 saturated heterocycles. The summed E-state index contributed by atoms with van der Waals surface area (Å²) in [6, 6.07) is 11.8. The van der Waals surface area contributed by atoms with Gasteiger partial charge in [-0.2, -0.15) is 5.26 Å². The third-order valence-electron chi connectivity index (χ3n) is 6.32. The number of nitrogens with one attached hydrogen (secondary N) is 1. The second-order valence-corrected chi connectivity index (χ2v) is 6.93. The van der Waals surface area contributed by atoms with Gasteiger partial charge in [0.15, 0.2) is 0 Å². The molecule has 110 valence electrons. The Morgan fingerprint density at radius 1 is 1.41 bits per heavy atom. The molecule has 2 fully saturated rings. The zero-order valence-electron chi connectivity index (χ0n) is 12.8. The molecule has 1 N–H and O–H groups in total. The van der Waals surface area contributed by atoms with Gasteiger partial charge in [0, 0.05) is 36.4 Å². The first-order chi connectivity index (χ1) is 10.8. The number of nitrogens with zero attached hydrogens (tertiary/aromatic N) is 2. The summed E-state index contributed by atoms with van der Waals surface area (Å²) in [4.78, 5) is 2.64. The highest BCUT2D eigenvalue weighted by Gasteiger charge is 2.61. The molecule has 0 radical (unpaired) electrons. The fourth-order valence-electron chi connectivity index (χ4n) is 5.39. The molecule has 1 aromatic rings. The monoisotopic (exact) mass is 289 g/mol. The zero-order valence-corrected chi connectivity index (χ0v) is 12.8. The Balaban J connectivity index is 1.83. The SMILES string of the molecule is C/C=C1\CN2CC[C@@]34C(=C(C#N)[C@H]1C[C@@H]23)Nc1ccccc14. The maximum absolute atomic E-state index is 9.88. The molecule has 4 aliphatic rings. The van der Waals surface area contributed by atoms with Crippen LogP contribution in [-0.4, -0.2) is 24.0 Å². The van der Waals surface area contributed by atoms with E-state index in [1.807, 2.05) is 0 Å². The third-order valence-corrected chi connectivity index (χ3v) is 6.32. The predicted octanol–water partition coefficient (Wildman–Crippen LogP) is 3.18. The summed E-state index contributed by atoms with van der Waals surface area (Å²) in [6.45, 7) is 4.28. The summed E-state index contributed by atoms with van der Waals surface area (Å²) in [5.41, 5.74) is 6.28. The summed E-state index contributed by atoms with van der Waals surface area (Å²) in [6.07, 6.45) is 4.46. The molecule has 0 amide bonds. The summed E-state index contributed by atoms with van der Waals surface area (Å²) in [7, 11) is 0. The summed E-state index contributed by atoms with van der Waals surface area (Å²) in [5, 5.41) is 13.5. The van der Waals surface area contributed by atoms with Crippen molar-refractivity contribution in [1.29, 1.82) is 5.26 Å². The van der Waals surface area contributed by atoms with Crippen LogP contribution < -0.4 is 5.32 Å². The number of anilines is 1. The van der Waals surface area contributed by atoms with Gasteiger partial charge in [-0.3, -0.25) is 4.90 Å². The molecular formula is C19H19N3. The van der Waals surface area contributed by atoms with Gasteiger partial charge in [0.25, 0.3) is 0 Å². The molecule has 0 aromatic heterocycles. The minimum Gasteiger partial charge on any atom is -0.357 e. The summed E-state index contributed by atoms with van der Waals surface area (Å²) >= 11 is 0. The van der Waals surface area contributed by atoms with Gasteiger partial charge in [0.05, 0.1) is 17.1 Å². The van der Waals surface area contributed by atoms with Crippen LogP contribution in [0.1, 0.15) is 25.3 Å². The zero-order chi connectivity index (χ0) is 14.9. The first-order valence-electron chi connectivity index (χ1n) is 8.20. The number of hydrogen-bond donors (Lipinski definition) is 1. The second-order valence-electron chi connectivity index (χ2n) is 6.93. The van der Waals surface area contributed by atoms with E-state index in [0.29, 0.717) is 12.0 Å². The van der Waals surface area contributed by atoms with Gasteiger partial charge in [-0.1, -0.05) is 29.8 Å².